The summed E-state index contributed by atoms with van der Waals surface area (Å²) in [6, 6.07) is 0.218. The lowest BCUT2D eigenvalue weighted by molar-refractivity contribution is 0.0358. The van der Waals surface area contributed by atoms with Crippen LogP contribution in [0.25, 0.3) is 0 Å². The largest absolute Gasteiger partial charge is 0.392 e. The van der Waals surface area contributed by atoms with Crippen LogP contribution in [0, 0.1) is 0 Å². The predicted molar refractivity (Wildman–Crippen MR) is 48.7 cm³/mol. The van der Waals surface area contributed by atoms with Crippen molar-refractivity contribution in [2.24, 2.45) is 0 Å². The maximum Gasteiger partial charge on any atom is 0.0664 e. The smallest absolute Gasteiger partial charge is 0.0664 e. The van der Waals surface area contributed by atoms with Crippen molar-refractivity contribution in [1.29, 1.82) is 0 Å². The van der Waals surface area contributed by atoms with Crippen molar-refractivity contribution in [2.45, 2.75) is 52.3 Å². The first-order valence-corrected chi connectivity index (χ1v) is 4.18. The number of likely N-dealkylation sites (N-methyl/N-ethyl adjacent to an activating group) is 1. The minimum atomic E-state index is -0.265. The standard InChI is InChI=1S/C9H21NO/c1-7(8(2)11)10(6)9(3,4)5/h7-8,11H,1-6H3. The molecule has 11 heavy (non-hydrogen) atoms. The van der Waals surface area contributed by atoms with Crippen molar-refractivity contribution >= 4 is 0 Å². The van der Waals surface area contributed by atoms with Gasteiger partial charge in [0.05, 0.1) is 6.10 Å². The SMILES string of the molecule is CC(O)C(C)N(C)C(C)(C)C. The van der Waals surface area contributed by atoms with E-state index in [-0.39, 0.29) is 17.7 Å². The summed E-state index contributed by atoms with van der Waals surface area (Å²) >= 11 is 0. The Morgan fingerprint density at radius 1 is 1.18 bits per heavy atom. The Balaban J connectivity index is 4.13. The topological polar surface area (TPSA) is 23.5 Å². The molecule has 0 aliphatic rings. The second-order valence-corrected chi connectivity index (χ2v) is 4.26. The third kappa shape index (κ3) is 3.21. The molecule has 2 heteroatoms. The van der Waals surface area contributed by atoms with E-state index in [2.05, 4.69) is 25.7 Å². The lowest BCUT2D eigenvalue weighted by atomic mass is 10.0. The molecule has 2 atom stereocenters. The van der Waals surface area contributed by atoms with E-state index in [4.69, 9.17) is 0 Å². The van der Waals surface area contributed by atoms with E-state index in [1.54, 1.807) is 0 Å². The summed E-state index contributed by atoms with van der Waals surface area (Å²) in [6.45, 7) is 10.3. The van der Waals surface area contributed by atoms with Crippen LogP contribution in [0.3, 0.4) is 0 Å². The summed E-state index contributed by atoms with van der Waals surface area (Å²) in [7, 11) is 2.04. The average Bonchev–Trinajstić information content (AvgIpc) is 1.82. The van der Waals surface area contributed by atoms with Gasteiger partial charge in [0.2, 0.25) is 0 Å². The summed E-state index contributed by atoms with van der Waals surface area (Å²) in [6.07, 6.45) is -0.265. The molecule has 0 aromatic rings. The van der Waals surface area contributed by atoms with E-state index in [9.17, 15) is 5.11 Å². The molecule has 0 fully saturated rings. The fourth-order valence-electron chi connectivity index (χ4n) is 0.935. The van der Waals surface area contributed by atoms with Gasteiger partial charge in [-0.25, -0.2) is 0 Å². The average molecular weight is 159 g/mol. The summed E-state index contributed by atoms with van der Waals surface area (Å²) in [5.41, 5.74) is 0.135. The molecule has 68 valence electrons. The highest BCUT2D eigenvalue weighted by molar-refractivity contribution is 4.80. The summed E-state index contributed by atoms with van der Waals surface area (Å²) in [5.74, 6) is 0. The van der Waals surface area contributed by atoms with Crippen LogP contribution in [0.1, 0.15) is 34.6 Å². The van der Waals surface area contributed by atoms with Crippen molar-refractivity contribution in [3.63, 3.8) is 0 Å². The number of aliphatic hydroxyl groups is 1. The van der Waals surface area contributed by atoms with Crippen LogP contribution in [0.4, 0.5) is 0 Å². The fourth-order valence-corrected chi connectivity index (χ4v) is 0.935. The van der Waals surface area contributed by atoms with Gasteiger partial charge in [-0.1, -0.05) is 0 Å². The van der Waals surface area contributed by atoms with E-state index in [0.29, 0.717) is 0 Å². The highest BCUT2D eigenvalue weighted by Crippen LogP contribution is 2.15. The summed E-state index contributed by atoms with van der Waals surface area (Å²) in [5, 5.41) is 9.31. The van der Waals surface area contributed by atoms with E-state index in [1.165, 1.54) is 0 Å². The van der Waals surface area contributed by atoms with E-state index >= 15 is 0 Å². The summed E-state index contributed by atoms with van der Waals surface area (Å²) < 4.78 is 0. The molecular formula is C9H21NO. The highest BCUT2D eigenvalue weighted by atomic mass is 16.3. The Kier molecular flexibility index (Phi) is 3.52. The summed E-state index contributed by atoms with van der Waals surface area (Å²) in [4.78, 5) is 2.18. The van der Waals surface area contributed by atoms with Gasteiger partial charge in [0, 0.05) is 11.6 Å². The molecule has 0 rings (SSSR count). The molecule has 0 heterocycles. The minimum absolute atomic E-state index is 0.135. The zero-order chi connectivity index (χ0) is 9.23. The molecule has 0 aromatic heterocycles. The number of rotatable bonds is 2. The van der Waals surface area contributed by atoms with E-state index in [0.717, 1.165) is 0 Å². The molecule has 0 radical (unpaired) electrons. The molecule has 0 saturated heterocycles. The Morgan fingerprint density at radius 3 is 1.64 bits per heavy atom. The van der Waals surface area contributed by atoms with E-state index in [1.807, 2.05) is 20.9 Å². The van der Waals surface area contributed by atoms with Crippen LogP contribution in [0.15, 0.2) is 0 Å². The molecular weight excluding hydrogens is 138 g/mol. The molecule has 0 amide bonds. The zero-order valence-electron chi connectivity index (χ0n) is 8.55. The second kappa shape index (κ2) is 3.55. The van der Waals surface area contributed by atoms with Crippen LogP contribution in [-0.2, 0) is 0 Å². The molecule has 0 spiro atoms. The molecule has 0 saturated carbocycles. The van der Waals surface area contributed by atoms with Crippen molar-refractivity contribution in [2.75, 3.05) is 7.05 Å². The maximum absolute atomic E-state index is 9.31. The van der Waals surface area contributed by atoms with Crippen molar-refractivity contribution in [3.05, 3.63) is 0 Å². The van der Waals surface area contributed by atoms with Gasteiger partial charge in [-0.2, -0.15) is 0 Å². The third-order valence-corrected chi connectivity index (χ3v) is 2.37. The highest BCUT2D eigenvalue weighted by Gasteiger charge is 2.24. The number of aliphatic hydroxyl groups excluding tert-OH is 1. The zero-order valence-corrected chi connectivity index (χ0v) is 8.55. The lowest BCUT2D eigenvalue weighted by Crippen LogP contribution is -2.48. The van der Waals surface area contributed by atoms with Crippen LogP contribution in [0.5, 0.6) is 0 Å². The second-order valence-electron chi connectivity index (χ2n) is 4.26. The van der Waals surface area contributed by atoms with Crippen LogP contribution in [-0.4, -0.2) is 34.7 Å². The first-order chi connectivity index (χ1) is 4.76. The third-order valence-electron chi connectivity index (χ3n) is 2.37. The van der Waals surface area contributed by atoms with Crippen LogP contribution < -0.4 is 0 Å². The normalized spacial score (nSPS) is 18.5. The Labute approximate surface area is 70.2 Å². The number of nitrogens with zero attached hydrogens (tertiary/aromatic N) is 1. The lowest BCUT2D eigenvalue weighted by Gasteiger charge is -2.38. The molecule has 0 aliphatic heterocycles. The number of hydrogen-bond donors (Lipinski definition) is 1. The van der Waals surface area contributed by atoms with Crippen molar-refractivity contribution < 1.29 is 5.11 Å². The van der Waals surface area contributed by atoms with Gasteiger partial charge in [-0.05, 0) is 41.7 Å². The Hall–Kier alpha value is -0.0800. The fraction of sp³-hybridized carbons (Fsp3) is 1.00. The van der Waals surface area contributed by atoms with Crippen molar-refractivity contribution in [3.8, 4) is 0 Å². The van der Waals surface area contributed by atoms with Crippen molar-refractivity contribution in [1.82, 2.24) is 4.90 Å². The van der Waals surface area contributed by atoms with Gasteiger partial charge in [0.25, 0.3) is 0 Å². The van der Waals surface area contributed by atoms with Crippen LogP contribution in [0.2, 0.25) is 0 Å². The van der Waals surface area contributed by atoms with Gasteiger partial charge in [-0.3, -0.25) is 4.90 Å². The molecule has 1 N–H and O–H groups in total. The quantitative estimate of drug-likeness (QED) is 0.660. The van der Waals surface area contributed by atoms with Gasteiger partial charge in [0.15, 0.2) is 0 Å². The van der Waals surface area contributed by atoms with Gasteiger partial charge < -0.3 is 5.11 Å². The van der Waals surface area contributed by atoms with Crippen LogP contribution >= 0.6 is 0 Å². The Morgan fingerprint density at radius 2 is 1.55 bits per heavy atom. The molecule has 0 aromatic carbocycles. The molecule has 0 aliphatic carbocycles. The maximum atomic E-state index is 9.31. The monoisotopic (exact) mass is 159 g/mol. The Bertz CT molecular complexity index is 115. The number of hydrogen-bond acceptors (Lipinski definition) is 2. The van der Waals surface area contributed by atoms with Gasteiger partial charge in [-0.15, -0.1) is 0 Å². The first kappa shape index (κ1) is 10.9. The van der Waals surface area contributed by atoms with E-state index < -0.39 is 0 Å². The predicted octanol–water partition coefficient (Wildman–Crippen LogP) is 1.49. The van der Waals surface area contributed by atoms with Gasteiger partial charge in [0.1, 0.15) is 0 Å². The molecule has 2 unspecified atom stereocenters. The molecule has 2 nitrogen and oxygen atoms in total. The molecule has 0 bridgehead atoms. The van der Waals surface area contributed by atoms with Gasteiger partial charge >= 0.3 is 0 Å². The first-order valence-electron chi connectivity index (χ1n) is 4.18. The minimum Gasteiger partial charge on any atom is -0.392 e.